The molecule has 2 rings (SSSR count). The number of benzene rings is 1. The number of nitrogens with one attached hydrogen (secondary N) is 1. The summed E-state index contributed by atoms with van der Waals surface area (Å²) >= 11 is 0. The van der Waals surface area contributed by atoms with Crippen LogP contribution in [-0.2, 0) is 9.53 Å². The minimum Gasteiger partial charge on any atom is -0.490 e. The topological polar surface area (TPSA) is 47.6 Å². The first-order chi connectivity index (χ1) is 12.3. The van der Waals surface area contributed by atoms with Crippen LogP contribution < -0.4 is 10.1 Å². The van der Waals surface area contributed by atoms with Gasteiger partial charge in [0, 0.05) is 12.3 Å². The van der Waals surface area contributed by atoms with Gasteiger partial charge in [0.05, 0.1) is 6.10 Å². The molecule has 1 N–H and O–H groups in total. The van der Waals surface area contributed by atoms with Gasteiger partial charge in [0.2, 0.25) is 0 Å². The fourth-order valence-corrected chi connectivity index (χ4v) is 3.68. The predicted molar refractivity (Wildman–Crippen MR) is 107 cm³/mol. The van der Waals surface area contributed by atoms with E-state index < -0.39 is 5.60 Å². The number of hydrogen-bond acceptors (Lipinski definition) is 3. The predicted octanol–water partition coefficient (Wildman–Crippen LogP) is 5.40. The van der Waals surface area contributed by atoms with Crippen LogP contribution in [0.5, 0.6) is 5.75 Å². The second-order valence-electron chi connectivity index (χ2n) is 7.84. The average Bonchev–Trinajstić information content (AvgIpc) is 2.60. The van der Waals surface area contributed by atoms with Crippen molar-refractivity contribution in [3.8, 4) is 5.75 Å². The van der Waals surface area contributed by atoms with Gasteiger partial charge in [-0.05, 0) is 89.0 Å². The van der Waals surface area contributed by atoms with E-state index in [1.165, 1.54) is 0 Å². The van der Waals surface area contributed by atoms with Crippen LogP contribution in [0, 0.1) is 19.8 Å². The van der Waals surface area contributed by atoms with E-state index in [0.29, 0.717) is 12.5 Å². The lowest BCUT2D eigenvalue weighted by molar-refractivity contribution is -0.146. The van der Waals surface area contributed by atoms with Gasteiger partial charge in [0.1, 0.15) is 11.4 Å². The van der Waals surface area contributed by atoms with Crippen LogP contribution in [-0.4, -0.2) is 24.2 Å². The number of anilines is 1. The molecule has 0 aliphatic heterocycles. The zero-order valence-corrected chi connectivity index (χ0v) is 17.3. The molecule has 4 heteroatoms. The Balaban J connectivity index is 2.17. The molecule has 0 aromatic heterocycles. The molecule has 1 fully saturated rings. The van der Waals surface area contributed by atoms with Crippen LogP contribution in [0.2, 0.25) is 0 Å². The van der Waals surface area contributed by atoms with Crippen LogP contribution in [0.1, 0.15) is 70.9 Å². The van der Waals surface area contributed by atoms with Gasteiger partial charge in [-0.1, -0.05) is 13.8 Å². The summed E-state index contributed by atoms with van der Waals surface area (Å²) in [6.07, 6.45) is 4.80. The molecule has 26 heavy (non-hydrogen) atoms. The summed E-state index contributed by atoms with van der Waals surface area (Å²) in [5.41, 5.74) is 2.22. The number of aryl methyl sites for hydroxylation is 2. The molecule has 1 aliphatic carbocycles. The SMILES string of the molecule is CCOC1(C(=O)Nc2cc(C)c(O[C@@H](C)CC)c(C)c2)CCC(C)CC1. The zero-order chi connectivity index (χ0) is 19.3. The fourth-order valence-electron chi connectivity index (χ4n) is 3.68. The maximum Gasteiger partial charge on any atom is 0.256 e. The Morgan fingerprint density at radius 1 is 1.23 bits per heavy atom. The van der Waals surface area contributed by atoms with E-state index in [0.717, 1.165) is 54.7 Å². The smallest absolute Gasteiger partial charge is 0.256 e. The van der Waals surface area contributed by atoms with E-state index in [9.17, 15) is 4.79 Å². The molecular formula is C22H35NO3. The molecule has 1 saturated carbocycles. The average molecular weight is 362 g/mol. The van der Waals surface area contributed by atoms with Crippen molar-refractivity contribution < 1.29 is 14.3 Å². The lowest BCUT2D eigenvalue weighted by Crippen LogP contribution is -2.48. The Hall–Kier alpha value is -1.55. The number of carbonyl (C=O) groups excluding carboxylic acids is 1. The van der Waals surface area contributed by atoms with Crippen LogP contribution in [0.25, 0.3) is 0 Å². The van der Waals surface area contributed by atoms with Crippen molar-refractivity contribution >= 4 is 11.6 Å². The van der Waals surface area contributed by atoms with Crippen LogP contribution in [0.15, 0.2) is 12.1 Å². The molecule has 146 valence electrons. The summed E-state index contributed by atoms with van der Waals surface area (Å²) < 4.78 is 12.0. The highest BCUT2D eigenvalue weighted by Gasteiger charge is 2.41. The molecule has 1 aromatic rings. The molecule has 0 bridgehead atoms. The summed E-state index contributed by atoms with van der Waals surface area (Å²) in [7, 11) is 0. The van der Waals surface area contributed by atoms with E-state index in [-0.39, 0.29) is 12.0 Å². The molecule has 0 radical (unpaired) electrons. The minimum atomic E-state index is -0.686. The second kappa shape index (κ2) is 8.90. The van der Waals surface area contributed by atoms with Gasteiger partial charge in [-0.3, -0.25) is 4.79 Å². The normalized spacial score (nSPS) is 24.2. The molecule has 4 nitrogen and oxygen atoms in total. The monoisotopic (exact) mass is 361 g/mol. The number of hydrogen-bond donors (Lipinski definition) is 1. The highest BCUT2D eigenvalue weighted by molar-refractivity contribution is 5.97. The van der Waals surface area contributed by atoms with E-state index in [1.807, 2.05) is 32.9 Å². The Morgan fingerprint density at radius 3 is 2.31 bits per heavy atom. The van der Waals surface area contributed by atoms with Gasteiger partial charge in [0.25, 0.3) is 5.91 Å². The molecule has 1 amide bonds. The van der Waals surface area contributed by atoms with Gasteiger partial charge in [-0.2, -0.15) is 0 Å². The van der Waals surface area contributed by atoms with Crippen molar-refractivity contribution in [1.82, 2.24) is 0 Å². The van der Waals surface area contributed by atoms with E-state index in [1.54, 1.807) is 0 Å². The summed E-state index contributed by atoms with van der Waals surface area (Å²) in [6.45, 7) is 13.0. The first-order valence-electron chi connectivity index (χ1n) is 10.0. The molecule has 1 aliphatic rings. The summed E-state index contributed by atoms with van der Waals surface area (Å²) in [6, 6.07) is 3.99. The second-order valence-corrected chi connectivity index (χ2v) is 7.84. The molecular weight excluding hydrogens is 326 g/mol. The van der Waals surface area contributed by atoms with Gasteiger partial charge in [0.15, 0.2) is 0 Å². The van der Waals surface area contributed by atoms with Crippen molar-refractivity contribution in [2.45, 2.75) is 85.4 Å². The van der Waals surface area contributed by atoms with Gasteiger partial charge in [-0.15, -0.1) is 0 Å². The molecule has 0 heterocycles. The standard InChI is InChI=1S/C22H35NO3/c1-7-18(6)26-20-16(4)13-19(14-17(20)5)23-21(24)22(25-8-2)11-9-15(3)10-12-22/h13-15,18H,7-12H2,1-6H3,(H,23,24)/t15?,18-,22?/m0/s1. The Bertz CT molecular complexity index is 595. The molecule has 1 atom stereocenters. The fraction of sp³-hybridized carbons (Fsp3) is 0.682. The van der Waals surface area contributed by atoms with E-state index in [2.05, 4.69) is 26.1 Å². The summed E-state index contributed by atoms with van der Waals surface area (Å²) in [4.78, 5) is 13.1. The lowest BCUT2D eigenvalue weighted by Gasteiger charge is -2.37. The first kappa shape index (κ1) is 20.8. The van der Waals surface area contributed by atoms with Crippen molar-refractivity contribution in [2.24, 2.45) is 5.92 Å². The van der Waals surface area contributed by atoms with Crippen molar-refractivity contribution in [1.29, 1.82) is 0 Å². The van der Waals surface area contributed by atoms with Crippen LogP contribution in [0.4, 0.5) is 5.69 Å². The van der Waals surface area contributed by atoms with Gasteiger partial charge < -0.3 is 14.8 Å². The van der Waals surface area contributed by atoms with Crippen molar-refractivity contribution in [3.63, 3.8) is 0 Å². The van der Waals surface area contributed by atoms with Crippen molar-refractivity contribution in [3.05, 3.63) is 23.3 Å². The third-order valence-corrected chi connectivity index (χ3v) is 5.53. The lowest BCUT2D eigenvalue weighted by atomic mass is 9.78. The Labute approximate surface area is 158 Å². The Kier molecular flexibility index (Phi) is 7.10. The number of carbonyl (C=O) groups is 1. The Morgan fingerprint density at radius 2 is 1.81 bits per heavy atom. The van der Waals surface area contributed by atoms with Gasteiger partial charge in [-0.25, -0.2) is 0 Å². The molecule has 0 saturated heterocycles. The van der Waals surface area contributed by atoms with Gasteiger partial charge >= 0.3 is 0 Å². The third kappa shape index (κ3) is 4.79. The van der Waals surface area contributed by atoms with Crippen LogP contribution in [0.3, 0.4) is 0 Å². The number of rotatable bonds is 7. The zero-order valence-electron chi connectivity index (χ0n) is 17.3. The van der Waals surface area contributed by atoms with Crippen molar-refractivity contribution in [2.75, 3.05) is 11.9 Å². The molecule has 0 spiro atoms. The highest BCUT2D eigenvalue weighted by atomic mass is 16.5. The largest absolute Gasteiger partial charge is 0.490 e. The first-order valence-corrected chi connectivity index (χ1v) is 10.0. The number of amides is 1. The maximum atomic E-state index is 13.1. The molecule has 1 aromatic carbocycles. The van der Waals surface area contributed by atoms with E-state index >= 15 is 0 Å². The summed E-state index contributed by atoms with van der Waals surface area (Å²) in [5.74, 6) is 1.57. The highest BCUT2D eigenvalue weighted by Crippen LogP contribution is 2.36. The quantitative estimate of drug-likeness (QED) is 0.707. The summed E-state index contributed by atoms with van der Waals surface area (Å²) in [5, 5.41) is 3.11. The number of ether oxygens (including phenoxy) is 2. The molecule has 0 unspecified atom stereocenters. The third-order valence-electron chi connectivity index (χ3n) is 5.53. The van der Waals surface area contributed by atoms with E-state index in [4.69, 9.17) is 9.47 Å². The maximum absolute atomic E-state index is 13.1. The van der Waals surface area contributed by atoms with Crippen LogP contribution >= 0.6 is 0 Å². The minimum absolute atomic E-state index is 0.0133.